The van der Waals surface area contributed by atoms with Crippen molar-refractivity contribution < 1.29 is 19.0 Å². The fourth-order valence-electron chi connectivity index (χ4n) is 4.74. The quantitative estimate of drug-likeness (QED) is 0.773. The minimum Gasteiger partial charge on any atom is -0.490 e. The second-order valence-electron chi connectivity index (χ2n) is 8.58. The van der Waals surface area contributed by atoms with Crippen molar-refractivity contribution in [3.8, 4) is 11.5 Å². The van der Waals surface area contributed by atoms with Crippen LogP contribution in [-0.4, -0.2) is 63.4 Å². The predicted octanol–water partition coefficient (Wildman–Crippen LogP) is 3.46. The Hall–Kier alpha value is -2.77. The minimum atomic E-state index is 0.0189. The van der Waals surface area contributed by atoms with Crippen molar-refractivity contribution in [2.75, 3.05) is 62.8 Å². The predicted molar refractivity (Wildman–Crippen MR) is 124 cm³/mol. The molecule has 2 saturated heterocycles. The van der Waals surface area contributed by atoms with Gasteiger partial charge in [0.05, 0.1) is 33.0 Å². The summed E-state index contributed by atoms with van der Waals surface area (Å²) in [7, 11) is 0. The normalized spacial score (nSPS) is 21.2. The first-order valence-electron chi connectivity index (χ1n) is 11.6. The van der Waals surface area contributed by atoms with E-state index in [1.54, 1.807) is 0 Å². The highest BCUT2D eigenvalue weighted by Crippen LogP contribution is 2.37. The van der Waals surface area contributed by atoms with Crippen LogP contribution in [0.25, 0.3) is 0 Å². The molecule has 7 nitrogen and oxygen atoms in total. The Morgan fingerprint density at radius 2 is 1.69 bits per heavy atom. The summed E-state index contributed by atoms with van der Waals surface area (Å²) in [4.78, 5) is 17.4. The fourth-order valence-corrected chi connectivity index (χ4v) is 4.74. The van der Waals surface area contributed by atoms with Gasteiger partial charge in [-0.05, 0) is 61.3 Å². The number of carbonyl (C=O) groups excluding carboxylic acids is 1. The maximum absolute atomic E-state index is 12.8. The molecule has 1 N–H and O–H groups in total. The monoisotopic (exact) mass is 437 g/mol. The molecule has 0 bridgehead atoms. The Labute approximate surface area is 189 Å². The molecule has 0 aliphatic carbocycles. The second kappa shape index (κ2) is 9.79. The van der Waals surface area contributed by atoms with Crippen LogP contribution in [0.1, 0.15) is 30.9 Å². The highest BCUT2D eigenvalue weighted by molar-refractivity contribution is 5.92. The van der Waals surface area contributed by atoms with Crippen molar-refractivity contribution in [3.63, 3.8) is 0 Å². The molecule has 2 aromatic carbocycles. The third-order valence-electron chi connectivity index (χ3n) is 6.39. The number of carbonyl (C=O) groups is 1. The van der Waals surface area contributed by atoms with Gasteiger partial charge in [-0.2, -0.15) is 0 Å². The number of amides is 1. The Morgan fingerprint density at radius 1 is 0.906 bits per heavy atom. The molecule has 1 atom stereocenters. The number of hydrogen-bond acceptors (Lipinski definition) is 6. The van der Waals surface area contributed by atoms with Gasteiger partial charge >= 0.3 is 0 Å². The third-order valence-corrected chi connectivity index (χ3v) is 6.39. The summed E-state index contributed by atoms with van der Waals surface area (Å²) in [6, 6.07) is 14.5. The van der Waals surface area contributed by atoms with E-state index >= 15 is 0 Å². The number of nitrogens with zero attached hydrogens (tertiary/aromatic N) is 2. The Balaban J connectivity index is 1.20. The zero-order valence-electron chi connectivity index (χ0n) is 18.4. The van der Waals surface area contributed by atoms with Crippen molar-refractivity contribution in [2.45, 2.75) is 25.3 Å². The van der Waals surface area contributed by atoms with Crippen LogP contribution in [0.5, 0.6) is 11.5 Å². The number of fused-ring (bicyclic) bond motifs is 1. The molecule has 2 fully saturated rings. The van der Waals surface area contributed by atoms with Gasteiger partial charge in [-0.3, -0.25) is 9.69 Å². The number of hydrogen-bond donors (Lipinski definition) is 1. The molecule has 0 aromatic heterocycles. The lowest BCUT2D eigenvalue weighted by Crippen LogP contribution is -2.36. The number of anilines is 2. The molecule has 0 spiro atoms. The molecule has 170 valence electrons. The number of nitrogens with one attached hydrogen (secondary N) is 1. The van der Waals surface area contributed by atoms with Gasteiger partial charge in [0.2, 0.25) is 5.91 Å². The SMILES string of the molecule is O=C(CN1CCC[C@H]1c1ccc2c(c1)OCCCO2)Nc1ccc(N2CCOCC2)cc1. The number of likely N-dealkylation sites (tertiary alicyclic amines) is 1. The van der Waals surface area contributed by atoms with E-state index in [2.05, 4.69) is 39.4 Å². The highest BCUT2D eigenvalue weighted by Gasteiger charge is 2.28. The number of rotatable bonds is 5. The van der Waals surface area contributed by atoms with Gasteiger partial charge in [-0.1, -0.05) is 6.07 Å². The fraction of sp³-hybridized carbons (Fsp3) is 0.480. The van der Waals surface area contributed by atoms with Crippen LogP contribution >= 0.6 is 0 Å². The van der Waals surface area contributed by atoms with Crippen LogP contribution in [-0.2, 0) is 9.53 Å². The summed E-state index contributed by atoms with van der Waals surface area (Å²) in [5.41, 5.74) is 3.19. The van der Waals surface area contributed by atoms with E-state index in [-0.39, 0.29) is 11.9 Å². The second-order valence-corrected chi connectivity index (χ2v) is 8.58. The zero-order valence-corrected chi connectivity index (χ0v) is 18.4. The molecule has 0 unspecified atom stereocenters. The Morgan fingerprint density at radius 3 is 2.50 bits per heavy atom. The Bertz CT molecular complexity index is 927. The van der Waals surface area contributed by atoms with E-state index < -0.39 is 0 Å². The van der Waals surface area contributed by atoms with E-state index in [1.165, 1.54) is 11.3 Å². The standard InChI is InChI=1S/C25H31N3O4/c29-25(26-20-5-7-21(8-6-20)27-11-15-30-16-12-27)18-28-10-1-3-22(28)19-4-9-23-24(17-19)32-14-2-13-31-23/h4-9,17,22H,1-3,10-16,18H2,(H,26,29)/t22-/m0/s1. The molecule has 3 aliphatic rings. The summed E-state index contributed by atoms with van der Waals surface area (Å²) < 4.78 is 17.0. The molecule has 1 amide bonds. The largest absolute Gasteiger partial charge is 0.490 e. The molecule has 32 heavy (non-hydrogen) atoms. The first-order chi connectivity index (χ1) is 15.8. The molecule has 0 saturated carbocycles. The average Bonchev–Trinajstić information content (AvgIpc) is 3.15. The first kappa shape index (κ1) is 21.1. The van der Waals surface area contributed by atoms with Crippen LogP contribution < -0.4 is 19.7 Å². The lowest BCUT2D eigenvalue weighted by molar-refractivity contribution is -0.117. The molecule has 7 heteroatoms. The third kappa shape index (κ3) is 4.84. The first-order valence-corrected chi connectivity index (χ1v) is 11.6. The van der Waals surface area contributed by atoms with E-state index in [4.69, 9.17) is 14.2 Å². The van der Waals surface area contributed by atoms with Crippen LogP contribution in [0.2, 0.25) is 0 Å². The van der Waals surface area contributed by atoms with Crippen LogP contribution in [0.4, 0.5) is 11.4 Å². The molecule has 5 rings (SSSR count). The number of morpholine rings is 1. The lowest BCUT2D eigenvalue weighted by atomic mass is 10.0. The minimum absolute atomic E-state index is 0.0189. The molecular formula is C25H31N3O4. The summed E-state index contributed by atoms with van der Waals surface area (Å²) in [5.74, 6) is 1.65. The topological polar surface area (TPSA) is 63.3 Å². The lowest BCUT2D eigenvalue weighted by Gasteiger charge is -2.29. The van der Waals surface area contributed by atoms with Crippen molar-refractivity contribution in [1.82, 2.24) is 4.90 Å². The van der Waals surface area contributed by atoms with Gasteiger partial charge in [0, 0.05) is 36.9 Å². The maximum Gasteiger partial charge on any atom is 0.238 e. The Kier molecular flexibility index (Phi) is 6.46. The number of benzene rings is 2. The summed E-state index contributed by atoms with van der Waals surface area (Å²) in [6.07, 6.45) is 3.02. The van der Waals surface area contributed by atoms with E-state index in [9.17, 15) is 4.79 Å². The molecular weight excluding hydrogens is 406 g/mol. The molecule has 3 aliphatic heterocycles. The van der Waals surface area contributed by atoms with Crippen LogP contribution in [0.3, 0.4) is 0 Å². The summed E-state index contributed by atoms with van der Waals surface area (Å²) in [5, 5.41) is 3.06. The van der Waals surface area contributed by atoms with E-state index in [0.29, 0.717) is 19.8 Å². The van der Waals surface area contributed by atoms with Crippen molar-refractivity contribution >= 4 is 17.3 Å². The van der Waals surface area contributed by atoms with E-state index in [1.807, 2.05) is 18.2 Å². The number of ether oxygens (including phenoxy) is 3. The molecule has 3 heterocycles. The summed E-state index contributed by atoms with van der Waals surface area (Å²) in [6.45, 7) is 6.00. The van der Waals surface area contributed by atoms with Gasteiger partial charge < -0.3 is 24.4 Å². The van der Waals surface area contributed by atoms with Crippen LogP contribution in [0.15, 0.2) is 42.5 Å². The van der Waals surface area contributed by atoms with Crippen molar-refractivity contribution in [1.29, 1.82) is 0 Å². The highest BCUT2D eigenvalue weighted by atomic mass is 16.5. The molecule has 2 aromatic rings. The molecule has 0 radical (unpaired) electrons. The average molecular weight is 438 g/mol. The van der Waals surface area contributed by atoms with Gasteiger partial charge in [-0.25, -0.2) is 0 Å². The smallest absolute Gasteiger partial charge is 0.238 e. The van der Waals surface area contributed by atoms with Crippen molar-refractivity contribution in [3.05, 3.63) is 48.0 Å². The van der Waals surface area contributed by atoms with Gasteiger partial charge in [0.15, 0.2) is 11.5 Å². The van der Waals surface area contributed by atoms with Gasteiger partial charge in [0.25, 0.3) is 0 Å². The van der Waals surface area contributed by atoms with Gasteiger partial charge in [0.1, 0.15) is 0 Å². The summed E-state index contributed by atoms with van der Waals surface area (Å²) >= 11 is 0. The van der Waals surface area contributed by atoms with Crippen molar-refractivity contribution in [2.24, 2.45) is 0 Å². The van der Waals surface area contributed by atoms with E-state index in [0.717, 1.165) is 69.3 Å². The zero-order chi connectivity index (χ0) is 21.8. The maximum atomic E-state index is 12.8. The van der Waals surface area contributed by atoms with Crippen LogP contribution in [0, 0.1) is 0 Å². The van der Waals surface area contributed by atoms with Gasteiger partial charge in [-0.15, -0.1) is 0 Å².